The van der Waals surface area contributed by atoms with E-state index in [0.29, 0.717) is 13.2 Å². The van der Waals surface area contributed by atoms with Gasteiger partial charge in [0.1, 0.15) is 0 Å². The van der Waals surface area contributed by atoms with E-state index >= 15 is 0 Å². The monoisotopic (exact) mass is 265 g/mol. The molecule has 2 N–H and O–H groups in total. The Bertz CT molecular complexity index is 217. The Morgan fingerprint density at radius 3 is 2.71 bits per heavy atom. The van der Waals surface area contributed by atoms with Gasteiger partial charge in [-0.25, -0.2) is 0 Å². The first-order chi connectivity index (χ1) is 6.66. The molecule has 0 saturated heterocycles. The molecule has 0 aliphatic heterocycles. The number of rotatable bonds is 7. The predicted molar refractivity (Wildman–Crippen MR) is 54.1 cm³/mol. The largest absolute Gasteiger partial charge is 0.481 e. The van der Waals surface area contributed by atoms with Crippen LogP contribution in [0.4, 0.5) is 0 Å². The van der Waals surface area contributed by atoms with E-state index in [4.69, 9.17) is 9.84 Å². The number of carboxylic acid groups (broad SMARTS) is 1. The first kappa shape index (κ1) is 13.1. The minimum atomic E-state index is -0.892. The number of carbonyl (C=O) groups is 2. The fourth-order valence-electron chi connectivity index (χ4n) is 0.624. The van der Waals surface area contributed by atoms with Crippen LogP contribution in [0.5, 0.6) is 0 Å². The summed E-state index contributed by atoms with van der Waals surface area (Å²) in [6.07, 6.45) is 1.31. The zero-order valence-corrected chi connectivity index (χ0v) is 9.12. The van der Waals surface area contributed by atoms with Crippen molar-refractivity contribution >= 4 is 27.8 Å². The Balaban J connectivity index is 3.21. The lowest BCUT2D eigenvalue weighted by molar-refractivity contribution is -0.138. The predicted octanol–water partition coefficient (Wildman–Crippen LogP) is 0.503. The van der Waals surface area contributed by atoms with Gasteiger partial charge in [0.2, 0.25) is 5.91 Å². The van der Waals surface area contributed by atoms with E-state index in [9.17, 15) is 9.59 Å². The molecule has 0 aromatic rings. The van der Waals surface area contributed by atoms with Gasteiger partial charge in [-0.05, 0) is 4.99 Å². The van der Waals surface area contributed by atoms with E-state index in [-0.39, 0.29) is 18.9 Å². The molecular formula is C8H12BrNO4. The summed E-state index contributed by atoms with van der Waals surface area (Å²) in [7, 11) is 0. The van der Waals surface area contributed by atoms with Gasteiger partial charge in [-0.15, -0.1) is 0 Å². The Labute approximate surface area is 90.3 Å². The van der Waals surface area contributed by atoms with Crippen molar-refractivity contribution in [3.05, 3.63) is 11.1 Å². The number of halogens is 1. The highest BCUT2D eigenvalue weighted by molar-refractivity contribution is 9.11. The molecule has 6 heteroatoms. The molecule has 0 bridgehead atoms. The zero-order valence-electron chi connectivity index (χ0n) is 7.53. The summed E-state index contributed by atoms with van der Waals surface area (Å²) < 4.78 is 4.94. The highest BCUT2D eigenvalue weighted by atomic mass is 79.9. The molecule has 80 valence electrons. The van der Waals surface area contributed by atoms with Crippen LogP contribution in [-0.2, 0) is 14.3 Å². The molecule has 0 rings (SSSR count). The van der Waals surface area contributed by atoms with Gasteiger partial charge in [-0.3, -0.25) is 9.59 Å². The molecule has 14 heavy (non-hydrogen) atoms. The van der Waals surface area contributed by atoms with Crippen LogP contribution in [0.1, 0.15) is 6.42 Å². The van der Waals surface area contributed by atoms with E-state index in [1.54, 1.807) is 0 Å². The van der Waals surface area contributed by atoms with Crippen LogP contribution in [-0.4, -0.2) is 36.7 Å². The Hall–Kier alpha value is -0.880. The number of amides is 1. The average Bonchev–Trinajstić information content (AvgIpc) is 2.11. The molecule has 0 heterocycles. The van der Waals surface area contributed by atoms with Gasteiger partial charge in [0.15, 0.2) is 0 Å². The number of aliphatic carboxylic acids is 1. The second-order valence-corrected chi connectivity index (χ2v) is 2.87. The van der Waals surface area contributed by atoms with Gasteiger partial charge < -0.3 is 15.2 Å². The first-order valence-corrected chi connectivity index (χ1v) is 4.92. The lowest BCUT2D eigenvalue weighted by atomic mass is 10.5. The number of carbonyl (C=O) groups excluding carboxylic acids is 1. The van der Waals surface area contributed by atoms with E-state index < -0.39 is 5.97 Å². The molecule has 1 amide bonds. The first-order valence-electron chi connectivity index (χ1n) is 4.01. The second kappa shape index (κ2) is 8.71. The van der Waals surface area contributed by atoms with Crippen LogP contribution in [0.15, 0.2) is 11.1 Å². The quantitative estimate of drug-likeness (QED) is 0.519. The summed E-state index contributed by atoms with van der Waals surface area (Å²) in [6, 6.07) is 0. The summed E-state index contributed by atoms with van der Waals surface area (Å²) in [4.78, 5) is 22.3. The van der Waals surface area contributed by atoms with Crippen LogP contribution in [0.25, 0.3) is 0 Å². The zero-order chi connectivity index (χ0) is 10.8. The van der Waals surface area contributed by atoms with E-state index in [0.717, 1.165) is 0 Å². The maximum atomic E-state index is 10.8. The molecule has 0 fully saturated rings. The molecule has 5 nitrogen and oxygen atoms in total. The molecule has 0 unspecified atom stereocenters. The summed E-state index contributed by atoms with van der Waals surface area (Å²) in [5, 5.41) is 10.8. The van der Waals surface area contributed by atoms with Gasteiger partial charge in [-0.2, -0.15) is 0 Å². The van der Waals surface area contributed by atoms with Crippen molar-refractivity contribution in [2.45, 2.75) is 6.42 Å². The third-order valence-electron chi connectivity index (χ3n) is 1.22. The topological polar surface area (TPSA) is 75.6 Å². The fraction of sp³-hybridized carbons (Fsp3) is 0.500. The number of hydrogen-bond acceptors (Lipinski definition) is 3. The molecule has 0 atom stereocenters. The van der Waals surface area contributed by atoms with Crippen molar-refractivity contribution in [1.29, 1.82) is 0 Å². The minimum Gasteiger partial charge on any atom is -0.481 e. The lowest BCUT2D eigenvalue weighted by Gasteiger charge is -2.02. The summed E-state index contributed by atoms with van der Waals surface area (Å²) in [5.74, 6) is -1.11. The molecule has 0 saturated carbocycles. The number of nitrogens with one attached hydrogen (secondary N) is 1. The van der Waals surface area contributed by atoms with Crippen molar-refractivity contribution < 1.29 is 19.4 Å². The Kier molecular flexibility index (Phi) is 8.16. The third-order valence-corrected chi connectivity index (χ3v) is 1.48. The van der Waals surface area contributed by atoms with Gasteiger partial charge >= 0.3 is 5.97 Å². The molecule has 0 radical (unpaired) electrons. The van der Waals surface area contributed by atoms with Gasteiger partial charge in [0.25, 0.3) is 0 Å². The molecule has 0 aromatic heterocycles. The lowest BCUT2D eigenvalue weighted by Crippen LogP contribution is -2.25. The molecule has 0 aliphatic rings. The van der Waals surface area contributed by atoms with Crippen molar-refractivity contribution in [2.75, 3.05) is 19.8 Å². The molecule has 0 spiro atoms. The third kappa shape index (κ3) is 9.21. The second-order valence-electron chi connectivity index (χ2n) is 2.34. The normalized spacial score (nSPS) is 10.4. The number of hydrogen-bond donors (Lipinski definition) is 2. The van der Waals surface area contributed by atoms with E-state index in [1.807, 2.05) is 0 Å². The summed E-state index contributed by atoms with van der Waals surface area (Å²) in [6.45, 7) is 0.852. The van der Waals surface area contributed by atoms with E-state index in [2.05, 4.69) is 21.2 Å². The van der Waals surface area contributed by atoms with Crippen LogP contribution in [0.3, 0.4) is 0 Å². The maximum Gasteiger partial charge on any atom is 0.305 e. The van der Waals surface area contributed by atoms with Crippen LogP contribution >= 0.6 is 15.9 Å². The molecule has 0 aliphatic carbocycles. The highest BCUT2D eigenvalue weighted by Crippen LogP contribution is 1.83. The van der Waals surface area contributed by atoms with Crippen molar-refractivity contribution in [3.63, 3.8) is 0 Å². The maximum absolute atomic E-state index is 10.8. The van der Waals surface area contributed by atoms with Crippen LogP contribution in [0.2, 0.25) is 0 Å². The van der Waals surface area contributed by atoms with Crippen molar-refractivity contribution in [1.82, 2.24) is 5.32 Å². The van der Waals surface area contributed by atoms with Crippen LogP contribution < -0.4 is 5.32 Å². The number of ether oxygens (including phenoxy) is 1. The minimum absolute atomic E-state index is 0.0186. The molecule has 0 aromatic carbocycles. The molecular weight excluding hydrogens is 254 g/mol. The highest BCUT2D eigenvalue weighted by Gasteiger charge is 1.96. The van der Waals surface area contributed by atoms with Crippen molar-refractivity contribution in [3.8, 4) is 0 Å². The van der Waals surface area contributed by atoms with Gasteiger partial charge in [0.05, 0.1) is 19.6 Å². The van der Waals surface area contributed by atoms with Crippen LogP contribution in [0, 0.1) is 0 Å². The van der Waals surface area contributed by atoms with Gasteiger partial charge in [-0.1, -0.05) is 15.9 Å². The Morgan fingerprint density at radius 1 is 1.43 bits per heavy atom. The summed E-state index contributed by atoms with van der Waals surface area (Å²) >= 11 is 2.96. The van der Waals surface area contributed by atoms with Gasteiger partial charge in [0, 0.05) is 12.6 Å². The van der Waals surface area contributed by atoms with E-state index in [1.165, 1.54) is 11.1 Å². The number of carboxylic acids is 1. The fourth-order valence-corrected chi connectivity index (χ4v) is 0.864. The average molecular weight is 266 g/mol. The SMILES string of the molecule is O=C(O)CCOCCNC(=O)/C=C/Br. The van der Waals surface area contributed by atoms with Crippen molar-refractivity contribution in [2.24, 2.45) is 0 Å². The summed E-state index contributed by atoms with van der Waals surface area (Å²) in [5.41, 5.74) is 0. The Morgan fingerprint density at radius 2 is 2.14 bits per heavy atom. The standard InChI is InChI=1S/C8H12BrNO4/c9-3-1-7(11)10-4-6-14-5-2-8(12)13/h1,3H,2,4-6H2,(H,10,11)(H,12,13)/b3-1+. The smallest absolute Gasteiger partial charge is 0.305 e.